The van der Waals surface area contributed by atoms with E-state index in [0.717, 1.165) is 0 Å². The largest absolute Gasteiger partial charge is 0.465 e. The first-order valence-electron chi connectivity index (χ1n) is 9.97. The zero-order valence-corrected chi connectivity index (χ0v) is 19.3. The Hall–Kier alpha value is -4.65. The smallest absolute Gasteiger partial charge is 0.357 e. The number of methoxy groups -OCH3 is 3. The van der Waals surface area contributed by atoms with Crippen LogP contribution >= 0.6 is 0 Å². The Bertz CT molecular complexity index is 1310. The van der Waals surface area contributed by atoms with Crippen LogP contribution in [-0.4, -0.2) is 48.8 Å². The highest BCUT2D eigenvalue weighted by Crippen LogP contribution is 2.33. The van der Waals surface area contributed by atoms with Crippen molar-refractivity contribution in [2.45, 2.75) is 13.8 Å². The number of aryl methyl sites for hydroxylation is 2. The summed E-state index contributed by atoms with van der Waals surface area (Å²) in [7, 11) is 3.69. The molecule has 2 N–H and O–H groups in total. The lowest BCUT2D eigenvalue weighted by Gasteiger charge is -2.17. The van der Waals surface area contributed by atoms with Crippen LogP contribution in [0.25, 0.3) is 16.8 Å². The van der Waals surface area contributed by atoms with Gasteiger partial charge in [0, 0.05) is 17.4 Å². The predicted octanol–water partition coefficient (Wildman–Crippen LogP) is 2.97. The van der Waals surface area contributed by atoms with Crippen LogP contribution in [0.5, 0.6) is 0 Å². The lowest BCUT2D eigenvalue weighted by Crippen LogP contribution is -2.16. The first kappa shape index (κ1) is 24.0. The van der Waals surface area contributed by atoms with Gasteiger partial charge in [-0.15, -0.1) is 0 Å². The van der Waals surface area contributed by atoms with E-state index in [2.05, 4.69) is 4.98 Å². The van der Waals surface area contributed by atoms with Crippen molar-refractivity contribution in [2.24, 2.45) is 0 Å². The molecule has 2 heterocycles. The van der Waals surface area contributed by atoms with Gasteiger partial charge in [0.05, 0.1) is 55.1 Å². The highest BCUT2D eigenvalue weighted by atomic mass is 16.5. The summed E-state index contributed by atoms with van der Waals surface area (Å²) < 4.78 is 16.1. The van der Waals surface area contributed by atoms with Crippen molar-refractivity contribution in [3.05, 3.63) is 64.2 Å². The van der Waals surface area contributed by atoms with Gasteiger partial charge in [0.25, 0.3) is 0 Å². The monoisotopic (exact) mass is 462 g/mol. The van der Waals surface area contributed by atoms with Gasteiger partial charge in [-0.2, -0.15) is 5.26 Å². The summed E-state index contributed by atoms with van der Waals surface area (Å²) >= 11 is 0. The van der Waals surface area contributed by atoms with Crippen molar-refractivity contribution in [3.8, 4) is 22.9 Å². The lowest BCUT2D eigenvalue weighted by molar-refractivity contribution is 0.0583. The molecule has 0 spiro atoms. The van der Waals surface area contributed by atoms with Crippen molar-refractivity contribution in [2.75, 3.05) is 27.1 Å². The number of ether oxygens (including phenoxy) is 3. The Labute approximate surface area is 195 Å². The highest BCUT2D eigenvalue weighted by Gasteiger charge is 2.27. The maximum atomic E-state index is 12.6. The van der Waals surface area contributed by atoms with Crippen molar-refractivity contribution in [3.63, 3.8) is 0 Å². The second-order valence-corrected chi connectivity index (χ2v) is 7.22. The molecule has 0 aliphatic heterocycles. The fraction of sp³-hybridized carbons (Fsp3) is 0.208. The molecule has 10 nitrogen and oxygen atoms in total. The van der Waals surface area contributed by atoms with E-state index < -0.39 is 17.9 Å². The number of nitrogens with two attached hydrogens (primary N) is 1. The van der Waals surface area contributed by atoms with Gasteiger partial charge in [-0.1, -0.05) is 12.1 Å². The molecule has 10 heteroatoms. The molecule has 0 saturated heterocycles. The third-order valence-corrected chi connectivity index (χ3v) is 5.32. The lowest BCUT2D eigenvalue weighted by atomic mass is 9.92. The molecule has 3 aromatic rings. The topological polar surface area (TPSA) is 147 Å². The van der Waals surface area contributed by atoms with Crippen LogP contribution in [0.4, 0.5) is 5.69 Å². The van der Waals surface area contributed by atoms with Crippen LogP contribution < -0.4 is 5.73 Å². The van der Waals surface area contributed by atoms with Crippen molar-refractivity contribution in [1.29, 1.82) is 5.26 Å². The molecule has 0 aliphatic carbocycles. The van der Waals surface area contributed by atoms with Crippen molar-refractivity contribution < 1.29 is 28.6 Å². The number of nitrogen functional groups attached to an aromatic ring is 1. The molecular formula is C24H22N4O6. The Balaban J connectivity index is 2.27. The first-order chi connectivity index (χ1) is 16.2. The minimum atomic E-state index is -0.704. The van der Waals surface area contributed by atoms with E-state index in [0.29, 0.717) is 28.2 Å². The van der Waals surface area contributed by atoms with Gasteiger partial charge >= 0.3 is 17.9 Å². The summed E-state index contributed by atoms with van der Waals surface area (Å²) in [5.41, 5.74) is 8.46. The average molecular weight is 462 g/mol. The summed E-state index contributed by atoms with van der Waals surface area (Å²) in [5, 5.41) is 9.33. The Morgan fingerprint density at radius 1 is 0.912 bits per heavy atom. The van der Waals surface area contributed by atoms with Crippen LogP contribution in [-0.2, 0) is 14.2 Å². The molecule has 0 unspecified atom stereocenters. The number of benzene rings is 1. The van der Waals surface area contributed by atoms with Crippen LogP contribution in [0, 0.1) is 25.2 Å². The zero-order valence-electron chi connectivity index (χ0n) is 19.3. The average Bonchev–Trinajstić information content (AvgIpc) is 3.18. The molecule has 0 atom stereocenters. The number of aromatic nitrogens is 2. The number of hydrogen-bond acceptors (Lipinski definition) is 9. The van der Waals surface area contributed by atoms with E-state index in [1.165, 1.54) is 32.1 Å². The summed E-state index contributed by atoms with van der Waals surface area (Å²) in [6, 6.07) is 8.56. The van der Waals surface area contributed by atoms with Crippen molar-refractivity contribution >= 4 is 23.6 Å². The molecule has 0 fully saturated rings. The van der Waals surface area contributed by atoms with Gasteiger partial charge in [-0.05, 0) is 31.5 Å². The number of hydrogen-bond donors (Lipinski definition) is 1. The minimum Gasteiger partial charge on any atom is -0.465 e. The number of esters is 3. The molecular weight excluding hydrogens is 440 g/mol. The minimum absolute atomic E-state index is 0.000218. The SMILES string of the molecule is COC(=O)c1c(C)nc(C)c(C(=O)OC)c1-c1ccc(-n2cc(C#N)c(N)c2C(=O)OC)cc1. The maximum Gasteiger partial charge on any atom is 0.357 e. The maximum absolute atomic E-state index is 12.6. The van der Waals surface area contributed by atoms with E-state index in [4.69, 9.17) is 19.9 Å². The molecule has 0 saturated carbocycles. The van der Waals surface area contributed by atoms with Gasteiger partial charge in [0.1, 0.15) is 6.07 Å². The quantitative estimate of drug-likeness (QED) is 0.446. The van der Waals surface area contributed by atoms with Gasteiger partial charge < -0.3 is 24.5 Å². The molecule has 0 radical (unpaired) electrons. The highest BCUT2D eigenvalue weighted by molar-refractivity contribution is 6.07. The number of pyridine rings is 1. The number of anilines is 1. The van der Waals surface area contributed by atoms with Crippen LogP contribution in [0.3, 0.4) is 0 Å². The molecule has 0 aliphatic rings. The standard InChI is InChI=1S/C24H22N4O6/c1-12-17(22(29)32-3)19(18(13(2)27-12)23(30)33-4)14-6-8-16(9-7-14)28-11-15(10-25)20(26)21(28)24(31)34-5/h6-9,11H,26H2,1-5H3. The van der Waals surface area contributed by atoms with E-state index in [1.807, 2.05) is 6.07 Å². The second kappa shape index (κ2) is 9.46. The van der Waals surface area contributed by atoms with Crippen LogP contribution in [0.1, 0.15) is 48.2 Å². The number of nitriles is 1. The molecule has 0 amide bonds. The summed E-state index contributed by atoms with van der Waals surface area (Å²) in [4.78, 5) is 41.8. The predicted molar refractivity (Wildman–Crippen MR) is 122 cm³/mol. The molecule has 2 aromatic heterocycles. The molecule has 174 valence electrons. The summed E-state index contributed by atoms with van der Waals surface area (Å²) in [6.07, 6.45) is 1.43. The fourth-order valence-electron chi connectivity index (χ4n) is 3.75. The summed E-state index contributed by atoms with van der Waals surface area (Å²) in [6.45, 7) is 3.29. The van der Waals surface area contributed by atoms with Crippen LogP contribution in [0.2, 0.25) is 0 Å². The Morgan fingerprint density at radius 2 is 1.41 bits per heavy atom. The van der Waals surface area contributed by atoms with Crippen molar-refractivity contribution in [1.82, 2.24) is 9.55 Å². The first-order valence-corrected chi connectivity index (χ1v) is 9.97. The van der Waals surface area contributed by atoms with Gasteiger partial charge in [0.15, 0.2) is 5.69 Å². The third-order valence-electron chi connectivity index (χ3n) is 5.32. The van der Waals surface area contributed by atoms with E-state index in [-0.39, 0.29) is 28.1 Å². The second-order valence-electron chi connectivity index (χ2n) is 7.22. The molecule has 1 aromatic carbocycles. The summed E-state index contributed by atoms with van der Waals surface area (Å²) in [5.74, 6) is -2.01. The zero-order chi connectivity index (χ0) is 25.2. The van der Waals surface area contributed by atoms with Gasteiger partial charge in [-0.3, -0.25) is 4.98 Å². The number of rotatable bonds is 5. The third kappa shape index (κ3) is 3.95. The number of carbonyl (C=O) groups is 3. The molecule has 0 bridgehead atoms. The van der Waals surface area contributed by atoms with E-state index in [1.54, 1.807) is 38.1 Å². The van der Waals surface area contributed by atoms with Gasteiger partial charge in [0.2, 0.25) is 0 Å². The number of nitrogens with zero attached hydrogens (tertiary/aromatic N) is 3. The van der Waals surface area contributed by atoms with E-state index in [9.17, 15) is 19.6 Å². The van der Waals surface area contributed by atoms with Gasteiger partial charge in [-0.25, -0.2) is 14.4 Å². The molecule has 3 rings (SSSR count). The Kier molecular flexibility index (Phi) is 6.68. The number of carbonyl (C=O) groups excluding carboxylic acids is 3. The molecule has 34 heavy (non-hydrogen) atoms. The van der Waals surface area contributed by atoms with E-state index >= 15 is 0 Å². The normalized spacial score (nSPS) is 10.4. The van der Waals surface area contributed by atoms with Crippen LogP contribution in [0.15, 0.2) is 30.5 Å². The fourth-order valence-corrected chi connectivity index (χ4v) is 3.75. The Morgan fingerprint density at radius 3 is 1.85 bits per heavy atom.